The van der Waals surface area contributed by atoms with Crippen LogP contribution in [-0.2, 0) is 10.8 Å². The first-order valence-corrected chi connectivity index (χ1v) is 8.11. The molecule has 2 nitrogen and oxygen atoms in total. The van der Waals surface area contributed by atoms with Crippen molar-refractivity contribution < 1.29 is 4.21 Å². The Morgan fingerprint density at radius 3 is 2.58 bits per heavy atom. The summed E-state index contributed by atoms with van der Waals surface area (Å²) in [5, 5.41) is 2.35. The number of nitrogens with two attached hydrogens (primary N) is 1. The van der Waals surface area contributed by atoms with Crippen molar-refractivity contribution in [2.24, 2.45) is 5.73 Å². The second-order valence-electron chi connectivity index (χ2n) is 5.03. The topological polar surface area (TPSA) is 43.1 Å². The molecule has 0 spiro atoms. The van der Waals surface area contributed by atoms with E-state index in [-0.39, 0.29) is 6.04 Å². The molecule has 0 aliphatic carbocycles. The van der Waals surface area contributed by atoms with Gasteiger partial charge in [0.2, 0.25) is 0 Å². The van der Waals surface area contributed by atoms with Crippen molar-refractivity contribution in [3.8, 4) is 0 Å². The van der Waals surface area contributed by atoms with Gasteiger partial charge in [0.25, 0.3) is 0 Å². The first-order chi connectivity index (χ1) is 9.16. The fourth-order valence-corrected chi connectivity index (χ4v) is 3.31. The van der Waals surface area contributed by atoms with Gasteiger partial charge in [-0.15, -0.1) is 0 Å². The molecular formula is C16H21NOS. The molecule has 0 saturated heterocycles. The molecule has 2 aromatic carbocycles. The normalized spacial score (nSPS) is 14.4. The van der Waals surface area contributed by atoms with Gasteiger partial charge in [0.15, 0.2) is 0 Å². The van der Waals surface area contributed by atoms with E-state index in [1.54, 1.807) is 0 Å². The molecule has 0 heterocycles. The summed E-state index contributed by atoms with van der Waals surface area (Å²) < 4.78 is 12.2. The number of unbranched alkanes of at least 4 members (excludes halogenated alkanes) is 1. The van der Waals surface area contributed by atoms with E-state index in [0.29, 0.717) is 0 Å². The molecule has 0 aromatic heterocycles. The van der Waals surface area contributed by atoms with E-state index in [1.165, 1.54) is 5.39 Å². The highest BCUT2D eigenvalue weighted by molar-refractivity contribution is 7.85. The van der Waals surface area contributed by atoms with Crippen LogP contribution in [0.4, 0.5) is 0 Å². The number of fused-ring (bicyclic) bond motifs is 1. The maximum absolute atomic E-state index is 12.2. The van der Waals surface area contributed by atoms with Crippen molar-refractivity contribution in [1.82, 2.24) is 0 Å². The van der Waals surface area contributed by atoms with Gasteiger partial charge in [-0.3, -0.25) is 4.21 Å². The summed E-state index contributed by atoms with van der Waals surface area (Å²) in [7, 11) is -0.895. The average Bonchev–Trinajstić information content (AvgIpc) is 2.42. The van der Waals surface area contributed by atoms with Crippen LogP contribution in [0, 0.1) is 0 Å². The van der Waals surface area contributed by atoms with E-state index in [0.717, 1.165) is 35.3 Å². The van der Waals surface area contributed by atoms with E-state index in [2.05, 4.69) is 12.1 Å². The third-order valence-electron chi connectivity index (χ3n) is 3.22. The molecule has 0 amide bonds. The molecule has 2 N–H and O–H groups in total. The van der Waals surface area contributed by atoms with Gasteiger partial charge in [0, 0.05) is 16.7 Å². The average molecular weight is 275 g/mol. The highest BCUT2D eigenvalue weighted by Gasteiger charge is 2.05. The number of rotatable bonds is 6. The van der Waals surface area contributed by atoms with Crippen LogP contribution < -0.4 is 5.73 Å². The highest BCUT2D eigenvalue weighted by Crippen LogP contribution is 2.18. The van der Waals surface area contributed by atoms with Crippen LogP contribution in [0.15, 0.2) is 47.4 Å². The van der Waals surface area contributed by atoms with Crippen LogP contribution in [-0.4, -0.2) is 16.0 Å². The monoisotopic (exact) mass is 275 g/mol. The van der Waals surface area contributed by atoms with Gasteiger partial charge >= 0.3 is 0 Å². The molecule has 0 fully saturated rings. The Morgan fingerprint density at radius 2 is 1.84 bits per heavy atom. The first kappa shape index (κ1) is 14.2. The van der Waals surface area contributed by atoms with Gasteiger partial charge < -0.3 is 5.73 Å². The lowest BCUT2D eigenvalue weighted by atomic mass is 10.1. The summed E-state index contributed by atoms with van der Waals surface area (Å²) >= 11 is 0. The lowest BCUT2D eigenvalue weighted by molar-refractivity contribution is 0.613. The Hall–Kier alpha value is -1.19. The minimum atomic E-state index is -0.895. The minimum Gasteiger partial charge on any atom is -0.328 e. The van der Waals surface area contributed by atoms with Crippen LogP contribution in [0.3, 0.4) is 0 Å². The maximum Gasteiger partial charge on any atom is 0.0529 e. The smallest absolute Gasteiger partial charge is 0.0529 e. The van der Waals surface area contributed by atoms with Crippen molar-refractivity contribution in [3.63, 3.8) is 0 Å². The molecule has 3 heteroatoms. The fraction of sp³-hybridized carbons (Fsp3) is 0.375. The van der Waals surface area contributed by atoms with Crippen LogP contribution in [0.5, 0.6) is 0 Å². The standard InChI is InChI=1S/C16H21NOS/c1-13(17)6-4-5-11-19(18)16-10-9-14-7-2-3-8-15(14)12-16/h2-3,7-10,12-13H,4-6,11,17H2,1H3. The molecule has 2 aromatic rings. The predicted molar refractivity (Wildman–Crippen MR) is 82.7 cm³/mol. The van der Waals surface area contributed by atoms with E-state index >= 15 is 0 Å². The van der Waals surface area contributed by atoms with Gasteiger partial charge in [0.1, 0.15) is 0 Å². The summed E-state index contributed by atoms with van der Waals surface area (Å²) in [5.74, 6) is 0.727. The quantitative estimate of drug-likeness (QED) is 0.820. The minimum absolute atomic E-state index is 0.245. The van der Waals surface area contributed by atoms with Gasteiger partial charge in [0.05, 0.1) is 10.8 Å². The lowest BCUT2D eigenvalue weighted by Crippen LogP contribution is -2.14. The molecule has 0 aliphatic heterocycles. The zero-order valence-electron chi connectivity index (χ0n) is 11.3. The molecule has 2 atom stereocenters. The number of benzene rings is 2. The number of hydrogen-bond acceptors (Lipinski definition) is 2. The molecule has 2 unspecified atom stereocenters. The van der Waals surface area contributed by atoms with Crippen LogP contribution >= 0.6 is 0 Å². The number of hydrogen-bond donors (Lipinski definition) is 1. The highest BCUT2D eigenvalue weighted by atomic mass is 32.2. The summed E-state index contributed by atoms with van der Waals surface area (Å²) in [6, 6.07) is 14.5. The lowest BCUT2D eigenvalue weighted by Gasteiger charge is -2.06. The summed E-state index contributed by atoms with van der Waals surface area (Å²) in [6.07, 6.45) is 3.03. The maximum atomic E-state index is 12.2. The third-order valence-corrected chi connectivity index (χ3v) is 4.66. The van der Waals surface area contributed by atoms with E-state index in [1.807, 2.05) is 37.3 Å². The molecule has 0 saturated carbocycles. The molecular weight excluding hydrogens is 254 g/mol. The molecule has 0 radical (unpaired) electrons. The van der Waals surface area contributed by atoms with Crippen LogP contribution in [0.2, 0.25) is 0 Å². The van der Waals surface area contributed by atoms with Crippen molar-refractivity contribution >= 4 is 21.6 Å². The van der Waals surface area contributed by atoms with E-state index < -0.39 is 10.8 Å². The third kappa shape index (κ3) is 4.15. The zero-order chi connectivity index (χ0) is 13.7. The van der Waals surface area contributed by atoms with Crippen molar-refractivity contribution in [2.75, 3.05) is 5.75 Å². The van der Waals surface area contributed by atoms with Crippen molar-refractivity contribution in [3.05, 3.63) is 42.5 Å². The van der Waals surface area contributed by atoms with Crippen molar-refractivity contribution in [2.45, 2.75) is 37.1 Å². The Bertz CT molecular complexity index is 565. The summed E-state index contributed by atoms with van der Waals surface area (Å²) in [6.45, 7) is 2.01. The summed E-state index contributed by atoms with van der Waals surface area (Å²) in [5.41, 5.74) is 5.71. The molecule has 102 valence electrons. The first-order valence-electron chi connectivity index (χ1n) is 6.79. The largest absolute Gasteiger partial charge is 0.328 e. The SMILES string of the molecule is CC(N)CCCCS(=O)c1ccc2ccccc2c1. The Labute approximate surface area is 117 Å². The van der Waals surface area contributed by atoms with Crippen LogP contribution in [0.1, 0.15) is 26.2 Å². The van der Waals surface area contributed by atoms with E-state index in [4.69, 9.17) is 5.73 Å². The van der Waals surface area contributed by atoms with Gasteiger partial charge in [-0.1, -0.05) is 36.8 Å². The molecule has 0 aliphatic rings. The summed E-state index contributed by atoms with van der Waals surface area (Å²) in [4.78, 5) is 0.930. The zero-order valence-corrected chi connectivity index (χ0v) is 12.2. The second kappa shape index (κ2) is 6.83. The van der Waals surface area contributed by atoms with E-state index in [9.17, 15) is 4.21 Å². The molecule has 2 rings (SSSR count). The van der Waals surface area contributed by atoms with Crippen LogP contribution in [0.25, 0.3) is 10.8 Å². The Morgan fingerprint density at radius 1 is 1.11 bits per heavy atom. The Balaban J connectivity index is 1.97. The molecule has 0 bridgehead atoms. The van der Waals surface area contributed by atoms with Gasteiger partial charge in [-0.25, -0.2) is 0 Å². The predicted octanol–water partition coefficient (Wildman–Crippen LogP) is 3.46. The van der Waals surface area contributed by atoms with Crippen molar-refractivity contribution in [1.29, 1.82) is 0 Å². The second-order valence-corrected chi connectivity index (χ2v) is 6.60. The Kier molecular flexibility index (Phi) is 5.11. The van der Waals surface area contributed by atoms with Gasteiger partial charge in [-0.2, -0.15) is 0 Å². The fourth-order valence-electron chi connectivity index (χ4n) is 2.13. The molecule has 19 heavy (non-hydrogen) atoms. The van der Waals surface area contributed by atoms with Gasteiger partial charge in [-0.05, 0) is 42.7 Å².